The van der Waals surface area contributed by atoms with Crippen molar-refractivity contribution in [3.8, 4) is 23.3 Å². The molecule has 0 fully saturated rings. The molecule has 0 spiro atoms. The van der Waals surface area contributed by atoms with Gasteiger partial charge in [-0.1, -0.05) is 6.07 Å². The highest BCUT2D eigenvalue weighted by Crippen LogP contribution is 2.39. The van der Waals surface area contributed by atoms with Crippen LogP contribution in [0.2, 0.25) is 0 Å². The van der Waals surface area contributed by atoms with Gasteiger partial charge in [-0.25, -0.2) is 0 Å². The van der Waals surface area contributed by atoms with Crippen molar-refractivity contribution in [3.63, 3.8) is 0 Å². The van der Waals surface area contributed by atoms with Crippen LogP contribution in [0.15, 0.2) is 36.4 Å². The first-order valence-corrected chi connectivity index (χ1v) is 6.75. The normalized spacial score (nSPS) is 9.65. The van der Waals surface area contributed by atoms with Crippen LogP contribution in [-0.4, -0.2) is 27.2 Å². The summed E-state index contributed by atoms with van der Waals surface area (Å²) < 4.78 is 15.7. The predicted molar refractivity (Wildman–Crippen MR) is 85.2 cm³/mol. The average molecular weight is 312 g/mol. The molecule has 0 heterocycles. The molecule has 0 aromatic heterocycles. The second kappa shape index (κ2) is 7.18. The molecule has 2 aromatic carbocycles. The molecule has 1 N–H and O–H groups in total. The largest absolute Gasteiger partial charge is 0.493 e. The molecule has 0 saturated carbocycles. The first kappa shape index (κ1) is 16.2. The number of benzene rings is 2. The van der Waals surface area contributed by atoms with Crippen molar-refractivity contribution in [2.45, 2.75) is 0 Å². The van der Waals surface area contributed by atoms with Gasteiger partial charge in [0.2, 0.25) is 5.75 Å². The maximum absolute atomic E-state index is 12.5. The molecule has 0 atom stereocenters. The van der Waals surface area contributed by atoms with Crippen LogP contribution in [0.5, 0.6) is 17.2 Å². The van der Waals surface area contributed by atoms with Crippen LogP contribution in [0, 0.1) is 11.3 Å². The Balaban J connectivity index is 2.37. The van der Waals surface area contributed by atoms with Crippen LogP contribution in [0.1, 0.15) is 15.9 Å². The predicted octanol–water partition coefficient (Wildman–Crippen LogP) is 2.84. The number of nitriles is 1. The topological polar surface area (TPSA) is 80.6 Å². The zero-order valence-electron chi connectivity index (χ0n) is 13.0. The lowest BCUT2D eigenvalue weighted by atomic mass is 10.1. The molecular formula is C17H16N2O4. The van der Waals surface area contributed by atoms with E-state index in [0.29, 0.717) is 28.3 Å². The van der Waals surface area contributed by atoms with E-state index in [1.54, 1.807) is 36.4 Å². The number of nitrogens with zero attached hydrogens (tertiary/aromatic N) is 1. The van der Waals surface area contributed by atoms with Crippen molar-refractivity contribution >= 4 is 11.6 Å². The van der Waals surface area contributed by atoms with Gasteiger partial charge in [-0.2, -0.15) is 5.26 Å². The first-order valence-electron chi connectivity index (χ1n) is 6.75. The van der Waals surface area contributed by atoms with Gasteiger partial charge in [0.15, 0.2) is 11.5 Å². The highest BCUT2D eigenvalue weighted by atomic mass is 16.5. The third kappa shape index (κ3) is 3.35. The molecule has 6 nitrogen and oxygen atoms in total. The summed E-state index contributed by atoms with van der Waals surface area (Å²) >= 11 is 0. The maximum atomic E-state index is 12.5. The van der Waals surface area contributed by atoms with E-state index in [1.807, 2.05) is 6.07 Å². The molecule has 0 aliphatic rings. The van der Waals surface area contributed by atoms with Gasteiger partial charge in [0.1, 0.15) is 0 Å². The number of hydrogen-bond donors (Lipinski definition) is 1. The lowest BCUT2D eigenvalue weighted by Crippen LogP contribution is -2.14. The van der Waals surface area contributed by atoms with E-state index in [0.717, 1.165) is 0 Å². The van der Waals surface area contributed by atoms with Crippen molar-refractivity contribution in [1.29, 1.82) is 5.26 Å². The minimum atomic E-state index is -0.377. The van der Waals surface area contributed by atoms with Gasteiger partial charge in [0, 0.05) is 5.69 Å². The molecule has 0 aliphatic carbocycles. The highest BCUT2D eigenvalue weighted by Gasteiger charge is 2.20. The van der Waals surface area contributed by atoms with Gasteiger partial charge in [0.25, 0.3) is 5.91 Å². The van der Waals surface area contributed by atoms with E-state index in [9.17, 15) is 4.79 Å². The minimum Gasteiger partial charge on any atom is -0.493 e. The van der Waals surface area contributed by atoms with Crippen LogP contribution in [0.4, 0.5) is 5.69 Å². The molecule has 2 aromatic rings. The maximum Gasteiger partial charge on any atom is 0.259 e. The number of hydrogen-bond acceptors (Lipinski definition) is 5. The third-order valence-electron chi connectivity index (χ3n) is 3.20. The molecule has 0 radical (unpaired) electrons. The van der Waals surface area contributed by atoms with E-state index >= 15 is 0 Å². The molecule has 1 amide bonds. The zero-order chi connectivity index (χ0) is 16.8. The average Bonchev–Trinajstić information content (AvgIpc) is 2.60. The monoisotopic (exact) mass is 312 g/mol. The van der Waals surface area contributed by atoms with Gasteiger partial charge < -0.3 is 19.5 Å². The van der Waals surface area contributed by atoms with Crippen LogP contribution in [0.3, 0.4) is 0 Å². The van der Waals surface area contributed by atoms with Gasteiger partial charge >= 0.3 is 0 Å². The smallest absolute Gasteiger partial charge is 0.259 e. The quantitative estimate of drug-likeness (QED) is 0.918. The number of ether oxygens (including phenoxy) is 3. The van der Waals surface area contributed by atoms with Crippen LogP contribution < -0.4 is 19.5 Å². The fourth-order valence-corrected chi connectivity index (χ4v) is 2.15. The molecule has 0 saturated heterocycles. The van der Waals surface area contributed by atoms with Gasteiger partial charge in [0.05, 0.1) is 38.5 Å². The second-order valence-electron chi connectivity index (χ2n) is 4.53. The fraction of sp³-hybridized carbons (Fsp3) is 0.176. The van der Waals surface area contributed by atoms with Gasteiger partial charge in [-0.05, 0) is 30.3 Å². The number of anilines is 1. The van der Waals surface area contributed by atoms with Crippen molar-refractivity contribution in [1.82, 2.24) is 0 Å². The van der Waals surface area contributed by atoms with E-state index in [4.69, 9.17) is 19.5 Å². The SMILES string of the molecule is COc1ccc(C(=O)Nc2cccc(C#N)c2)c(OC)c1OC. The number of methoxy groups -OCH3 is 3. The van der Waals surface area contributed by atoms with Crippen LogP contribution in [-0.2, 0) is 0 Å². The van der Waals surface area contributed by atoms with Crippen molar-refractivity contribution in [2.24, 2.45) is 0 Å². The van der Waals surface area contributed by atoms with E-state index in [1.165, 1.54) is 21.3 Å². The molecule has 23 heavy (non-hydrogen) atoms. The number of carbonyl (C=O) groups excluding carboxylic acids is 1. The van der Waals surface area contributed by atoms with Crippen LogP contribution in [0.25, 0.3) is 0 Å². The van der Waals surface area contributed by atoms with Crippen molar-refractivity contribution < 1.29 is 19.0 Å². The van der Waals surface area contributed by atoms with E-state index < -0.39 is 0 Å². The summed E-state index contributed by atoms with van der Waals surface area (Å²) in [6.45, 7) is 0. The number of amides is 1. The Morgan fingerprint density at radius 3 is 2.39 bits per heavy atom. The summed E-state index contributed by atoms with van der Waals surface area (Å²) in [6, 6.07) is 11.9. The van der Waals surface area contributed by atoms with Crippen molar-refractivity contribution in [2.75, 3.05) is 26.6 Å². The Labute approximate surface area is 134 Å². The molecule has 0 bridgehead atoms. The number of rotatable bonds is 5. The molecular weight excluding hydrogens is 296 g/mol. The summed E-state index contributed by atoms with van der Waals surface area (Å²) in [6.07, 6.45) is 0. The fourth-order valence-electron chi connectivity index (χ4n) is 2.15. The molecule has 0 unspecified atom stereocenters. The van der Waals surface area contributed by atoms with E-state index in [-0.39, 0.29) is 11.7 Å². The van der Waals surface area contributed by atoms with Crippen molar-refractivity contribution in [3.05, 3.63) is 47.5 Å². The Kier molecular flexibility index (Phi) is 5.05. The summed E-state index contributed by atoms with van der Waals surface area (Å²) in [5, 5.41) is 11.6. The Bertz CT molecular complexity index is 766. The lowest BCUT2D eigenvalue weighted by molar-refractivity contribution is 0.102. The molecule has 118 valence electrons. The van der Waals surface area contributed by atoms with Crippen LogP contribution >= 0.6 is 0 Å². The minimum absolute atomic E-state index is 0.279. The summed E-state index contributed by atoms with van der Waals surface area (Å²) in [4.78, 5) is 12.5. The molecule has 6 heteroatoms. The van der Waals surface area contributed by atoms with Gasteiger partial charge in [-0.3, -0.25) is 4.79 Å². The number of nitrogens with one attached hydrogen (secondary N) is 1. The van der Waals surface area contributed by atoms with Gasteiger partial charge in [-0.15, -0.1) is 0 Å². The zero-order valence-corrected chi connectivity index (χ0v) is 13.0. The standard InChI is InChI=1S/C17H16N2O4/c1-21-14-8-7-13(15(22-2)16(14)23-3)17(20)19-12-6-4-5-11(9-12)10-18/h4-9H,1-3H3,(H,19,20). The first-order chi connectivity index (χ1) is 11.1. The molecule has 2 rings (SSSR count). The Morgan fingerprint density at radius 1 is 1.04 bits per heavy atom. The lowest BCUT2D eigenvalue weighted by Gasteiger charge is -2.15. The third-order valence-corrected chi connectivity index (χ3v) is 3.20. The second-order valence-corrected chi connectivity index (χ2v) is 4.53. The van der Waals surface area contributed by atoms with E-state index in [2.05, 4.69) is 5.32 Å². The Hall–Kier alpha value is -3.20. The number of carbonyl (C=O) groups is 1. The summed E-state index contributed by atoms with van der Waals surface area (Å²) in [5.74, 6) is 0.708. The summed E-state index contributed by atoms with van der Waals surface area (Å²) in [7, 11) is 4.42. The summed E-state index contributed by atoms with van der Waals surface area (Å²) in [5.41, 5.74) is 1.28. The molecule has 0 aliphatic heterocycles. The Morgan fingerprint density at radius 2 is 1.78 bits per heavy atom. The highest BCUT2D eigenvalue weighted by molar-refractivity contribution is 6.07.